The number of rotatable bonds is 5. The Morgan fingerprint density at radius 2 is 2.14 bits per heavy atom. The number of ether oxygens (including phenoxy) is 1. The van der Waals surface area contributed by atoms with E-state index in [0.29, 0.717) is 24.3 Å². The summed E-state index contributed by atoms with van der Waals surface area (Å²) in [5.74, 6) is -0.188. The summed E-state index contributed by atoms with van der Waals surface area (Å²) in [6, 6.07) is 0. The van der Waals surface area contributed by atoms with Crippen LogP contribution in [0.3, 0.4) is 0 Å². The SMILES string of the molecule is CCOC1CC(O)(CNC(=O)c2c(C)nn(C)c2C)C1(C)C. The van der Waals surface area contributed by atoms with Crippen molar-refractivity contribution in [3.05, 3.63) is 17.0 Å². The molecule has 0 aromatic carbocycles. The van der Waals surface area contributed by atoms with Gasteiger partial charge in [0.1, 0.15) is 0 Å². The predicted molar refractivity (Wildman–Crippen MR) is 83.8 cm³/mol. The molecule has 1 saturated carbocycles. The summed E-state index contributed by atoms with van der Waals surface area (Å²) in [7, 11) is 1.81. The lowest BCUT2D eigenvalue weighted by atomic mass is 9.56. The maximum Gasteiger partial charge on any atom is 0.255 e. The van der Waals surface area contributed by atoms with Crippen molar-refractivity contribution in [3.63, 3.8) is 0 Å². The number of aryl methyl sites for hydroxylation is 2. The van der Waals surface area contributed by atoms with E-state index in [0.717, 1.165) is 5.69 Å². The molecule has 1 aliphatic rings. The van der Waals surface area contributed by atoms with Crippen LogP contribution in [-0.4, -0.2) is 45.7 Å². The van der Waals surface area contributed by atoms with Gasteiger partial charge in [-0.2, -0.15) is 5.10 Å². The molecule has 0 bridgehead atoms. The fourth-order valence-electron chi connectivity index (χ4n) is 3.18. The molecule has 0 saturated heterocycles. The minimum absolute atomic E-state index is 0.0290. The first kappa shape index (κ1) is 17.0. The van der Waals surface area contributed by atoms with Gasteiger partial charge < -0.3 is 15.2 Å². The molecular formula is C16H27N3O3. The van der Waals surface area contributed by atoms with Gasteiger partial charge >= 0.3 is 0 Å². The van der Waals surface area contributed by atoms with Crippen LogP contribution in [0.4, 0.5) is 0 Å². The lowest BCUT2D eigenvalue weighted by molar-refractivity contribution is -0.237. The summed E-state index contributed by atoms with van der Waals surface area (Å²) in [5, 5.41) is 17.9. The Morgan fingerprint density at radius 1 is 1.50 bits per heavy atom. The maximum absolute atomic E-state index is 12.4. The Morgan fingerprint density at radius 3 is 2.59 bits per heavy atom. The number of nitrogens with one attached hydrogen (secondary N) is 1. The molecule has 0 radical (unpaired) electrons. The molecular weight excluding hydrogens is 282 g/mol. The summed E-state index contributed by atoms with van der Waals surface area (Å²) in [6.07, 6.45) is 0.570. The van der Waals surface area contributed by atoms with Crippen LogP contribution in [0.5, 0.6) is 0 Å². The van der Waals surface area contributed by atoms with E-state index in [2.05, 4.69) is 10.4 Å². The van der Waals surface area contributed by atoms with E-state index < -0.39 is 5.60 Å². The highest BCUT2D eigenvalue weighted by atomic mass is 16.5. The van der Waals surface area contributed by atoms with Crippen molar-refractivity contribution in [2.24, 2.45) is 12.5 Å². The van der Waals surface area contributed by atoms with Crippen molar-refractivity contribution in [1.82, 2.24) is 15.1 Å². The first-order valence-electron chi connectivity index (χ1n) is 7.76. The van der Waals surface area contributed by atoms with Gasteiger partial charge in [0.25, 0.3) is 5.91 Å². The molecule has 2 N–H and O–H groups in total. The van der Waals surface area contributed by atoms with Crippen molar-refractivity contribution in [2.45, 2.75) is 52.7 Å². The van der Waals surface area contributed by atoms with Crippen LogP contribution in [0.1, 0.15) is 48.9 Å². The van der Waals surface area contributed by atoms with Crippen LogP contribution < -0.4 is 5.32 Å². The number of hydrogen-bond acceptors (Lipinski definition) is 4. The van der Waals surface area contributed by atoms with Crippen LogP contribution >= 0.6 is 0 Å². The quantitative estimate of drug-likeness (QED) is 0.860. The predicted octanol–water partition coefficient (Wildman–Crippen LogP) is 1.33. The number of aromatic nitrogens is 2. The second-order valence-corrected chi connectivity index (χ2v) is 6.75. The van der Waals surface area contributed by atoms with E-state index in [-0.39, 0.29) is 24.0 Å². The highest BCUT2D eigenvalue weighted by Gasteiger charge is 2.59. The highest BCUT2D eigenvalue weighted by molar-refractivity contribution is 5.96. The minimum atomic E-state index is -0.938. The zero-order chi connectivity index (χ0) is 16.7. The number of amides is 1. The average Bonchev–Trinajstić information content (AvgIpc) is 2.69. The number of aliphatic hydroxyl groups is 1. The van der Waals surface area contributed by atoms with Crippen molar-refractivity contribution >= 4 is 5.91 Å². The molecule has 0 spiro atoms. The van der Waals surface area contributed by atoms with Gasteiger partial charge in [-0.25, -0.2) is 0 Å². The fraction of sp³-hybridized carbons (Fsp3) is 0.750. The smallest absolute Gasteiger partial charge is 0.255 e. The van der Waals surface area contributed by atoms with E-state index in [9.17, 15) is 9.90 Å². The first-order chi connectivity index (χ1) is 10.1. The molecule has 1 amide bonds. The Kier molecular flexibility index (Phi) is 4.37. The Labute approximate surface area is 131 Å². The number of nitrogens with zero attached hydrogens (tertiary/aromatic N) is 2. The molecule has 2 unspecified atom stereocenters. The molecule has 6 nitrogen and oxygen atoms in total. The molecule has 6 heteroatoms. The Hall–Kier alpha value is -1.40. The van der Waals surface area contributed by atoms with E-state index in [4.69, 9.17) is 4.74 Å². The van der Waals surface area contributed by atoms with Crippen LogP contribution in [0, 0.1) is 19.3 Å². The molecule has 2 rings (SSSR count). The van der Waals surface area contributed by atoms with Crippen molar-refractivity contribution in [3.8, 4) is 0 Å². The molecule has 1 aliphatic carbocycles. The van der Waals surface area contributed by atoms with Gasteiger partial charge in [0.2, 0.25) is 0 Å². The van der Waals surface area contributed by atoms with Crippen molar-refractivity contribution in [1.29, 1.82) is 0 Å². The maximum atomic E-state index is 12.4. The van der Waals surface area contributed by atoms with E-state index in [1.807, 2.05) is 41.7 Å². The summed E-state index contributed by atoms with van der Waals surface area (Å²) in [6.45, 7) is 10.4. The standard InChI is InChI=1S/C16H27N3O3/c1-7-22-12-8-16(21,15(12,4)5)9-17-14(20)13-10(2)18-19(6)11(13)3/h12,21H,7-9H2,1-6H3,(H,17,20). The van der Waals surface area contributed by atoms with Crippen molar-refractivity contribution < 1.29 is 14.6 Å². The Bertz CT molecular complexity index is 579. The zero-order valence-corrected chi connectivity index (χ0v) is 14.4. The Balaban J connectivity index is 2.03. The molecule has 1 aromatic rings. The minimum Gasteiger partial charge on any atom is -0.387 e. The van der Waals surface area contributed by atoms with Crippen LogP contribution in [-0.2, 0) is 11.8 Å². The van der Waals surface area contributed by atoms with Gasteiger partial charge in [-0.1, -0.05) is 13.8 Å². The summed E-state index contributed by atoms with van der Waals surface area (Å²) in [5.41, 5.74) is 0.790. The third-order valence-corrected chi connectivity index (χ3v) is 5.17. The molecule has 0 aliphatic heterocycles. The molecule has 22 heavy (non-hydrogen) atoms. The molecule has 124 valence electrons. The van der Waals surface area contributed by atoms with E-state index in [1.54, 1.807) is 4.68 Å². The van der Waals surface area contributed by atoms with Gasteiger partial charge in [0, 0.05) is 37.7 Å². The monoisotopic (exact) mass is 309 g/mol. The lowest BCUT2D eigenvalue weighted by Gasteiger charge is -2.57. The molecule has 1 aromatic heterocycles. The normalized spacial score (nSPS) is 26.6. The lowest BCUT2D eigenvalue weighted by Crippen LogP contribution is -2.68. The molecule has 1 fully saturated rings. The second kappa shape index (κ2) is 5.66. The highest BCUT2D eigenvalue weighted by Crippen LogP contribution is 2.50. The van der Waals surface area contributed by atoms with Crippen LogP contribution in [0.25, 0.3) is 0 Å². The summed E-state index contributed by atoms with van der Waals surface area (Å²) in [4.78, 5) is 12.4. The van der Waals surface area contributed by atoms with Gasteiger partial charge in [-0.05, 0) is 20.8 Å². The molecule has 1 heterocycles. The number of carbonyl (C=O) groups excluding carboxylic acids is 1. The number of carbonyl (C=O) groups is 1. The van der Waals surface area contributed by atoms with Crippen LogP contribution in [0.2, 0.25) is 0 Å². The first-order valence-corrected chi connectivity index (χ1v) is 7.76. The zero-order valence-electron chi connectivity index (χ0n) is 14.4. The number of hydrogen-bond donors (Lipinski definition) is 2. The largest absolute Gasteiger partial charge is 0.387 e. The third-order valence-electron chi connectivity index (χ3n) is 5.17. The summed E-state index contributed by atoms with van der Waals surface area (Å²) >= 11 is 0. The second-order valence-electron chi connectivity index (χ2n) is 6.75. The van der Waals surface area contributed by atoms with Crippen LogP contribution in [0.15, 0.2) is 0 Å². The topological polar surface area (TPSA) is 76.4 Å². The van der Waals surface area contributed by atoms with E-state index >= 15 is 0 Å². The van der Waals surface area contributed by atoms with Gasteiger partial charge in [-0.15, -0.1) is 0 Å². The van der Waals surface area contributed by atoms with Gasteiger partial charge in [0.15, 0.2) is 0 Å². The van der Waals surface area contributed by atoms with Gasteiger partial charge in [-0.3, -0.25) is 9.48 Å². The van der Waals surface area contributed by atoms with E-state index in [1.165, 1.54) is 0 Å². The fourth-order valence-corrected chi connectivity index (χ4v) is 3.18. The summed E-state index contributed by atoms with van der Waals surface area (Å²) < 4.78 is 7.33. The average molecular weight is 309 g/mol. The molecule has 2 atom stereocenters. The third kappa shape index (κ3) is 2.54. The van der Waals surface area contributed by atoms with Crippen molar-refractivity contribution in [2.75, 3.05) is 13.2 Å². The van der Waals surface area contributed by atoms with Gasteiger partial charge in [0.05, 0.1) is 23.0 Å².